The molecule has 0 aliphatic carbocycles. The van der Waals surface area contributed by atoms with Crippen LogP contribution in [0.4, 0.5) is 5.69 Å². The fraction of sp³-hybridized carbons (Fsp3) is 0.571. The summed E-state index contributed by atoms with van der Waals surface area (Å²) in [6.07, 6.45) is 2.70. The van der Waals surface area contributed by atoms with Crippen molar-refractivity contribution in [2.75, 3.05) is 32.1 Å². The lowest BCUT2D eigenvalue weighted by atomic mass is 10.2. The number of hydrogen-bond acceptors (Lipinski definition) is 4. The quantitative estimate of drug-likeness (QED) is 0.863. The molecule has 0 amide bonds. The van der Waals surface area contributed by atoms with Crippen molar-refractivity contribution in [3.8, 4) is 5.75 Å². The molecular formula is C14H22N2O2. The first-order valence-corrected chi connectivity index (χ1v) is 6.43. The van der Waals surface area contributed by atoms with E-state index < -0.39 is 0 Å². The first-order valence-electron chi connectivity index (χ1n) is 6.43. The van der Waals surface area contributed by atoms with Gasteiger partial charge in [-0.3, -0.25) is 0 Å². The lowest BCUT2D eigenvalue weighted by Gasteiger charge is -2.23. The Kier molecular flexibility index (Phi) is 4.44. The molecule has 2 unspecified atom stereocenters. The number of anilines is 1. The van der Waals surface area contributed by atoms with Gasteiger partial charge in [-0.2, -0.15) is 0 Å². The van der Waals surface area contributed by atoms with Crippen LogP contribution < -0.4 is 15.4 Å². The minimum absolute atomic E-state index is 0.244. The standard InChI is InChI=1S/C14H22N2O2/c1-16(10-14-7-6-13(9-15)18-14)11-4-3-5-12(8-11)17-2/h3-5,8,13-14H,6-7,9-10,15H2,1-2H3. The number of nitrogens with zero attached hydrogens (tertiary/aromatic N) is 1. The molecule has 4 nitrogen and oxygen atoms in total. The Bertz CT molecular complexity index is 384. The van der Waals surface area contributed by atoms with Gasteiger partial charge in [0.05, 0.1) is 19.3 Å². The summed E-state index contributed by atoms with van der Waals surface area (Å²) in [6.45, 7) is 1.52. The van der Waals surface area contributed by atoms with Crippen LogP contribution in [0.25, 0.3) is 0 Å². The second-order valence-electron chi connectivity index (χ2n) is 4.78. The molecule has 1 saturated heterocycles. The predicted octanol–water partition coefficient (Wildman–Crippen LogP) is 1.64. The summed E-state index contributed by atoms with van der Waals surface area (Å²) in [5, 5.41) is 0. The number of likely N-dealkylation sites (N-methyl/N-ethyl adjacent to an activating group) is 1. The van der Waals surface area contributed by atoms with E-state index in [4.69, 9.17) is 15.2 Å². The van der Waals surface area contributed by atoms with E-state index in [-0.39, 0.29) is 12.2 Å². The van der Waals surface area contributed by atoms with Gasteiger partial charge in [-0.05, 0) is 25.0 Å². The third kappa shape index (κ3) is 3.15. The molecule has 4 heteroatoms. The summed E-state index contributed by atoms with van der Waals surface area (Å²) in [4.78, 5) is 2.20. The zero-order chi connectivity index (χ0) is 13.0. The third-order valence-electron chi connectivity index (χ3n) is 3.43. The van der Waals surface area contributed by atoms with Crippen LogP contribution in [0.2, 0.25) is 0 Å². The van der Waals surface area contributed by atoms with Crippen LogP contribution in [0.15, 0.2) is 24.3 Å². The van der Waals surface area contributed by atoms with Gasteiger partial charge < -0.3 is 20.1 Å². The lowest BCUT2D eigenvalue weighted by molar-refractivity contribution is 0.0549. The molecule has 2 rings (SSSR count). The maximum Gasteiger partial charge on any atom is 0.120 e. The summed E-state index contributed by atoms with van der Waals surface area (Å²) < 4.78 is 11.1. The van der Waals surface area contributed by atoms with Gasteiger partial charge in [0.15, 0.2) is 0 Å². The number of ether oxygens (including phenoxy) is 2. The molecule has 100 valence electrons. The van der Waals surface area contributed by atoms with E-state index in [9.17, 15) is 0 Å². The molecule has 1 fully saturated rings. The highest BCUT2D eigenvalue weighted by atomic mass is 16.5. The van der Waals surface area contributed by atoms with E-state index in [1.807, 2.05) is 18.2 Å². The Hall–Kier alpha value is -1.26. The molecule has 2 N–H and O–H groups in total. The van der Waals surface area contributed by atoms with Gasteiger partial charge in [-0.1, -0.05) is 6.07 Å². The molecule has 1 aromatic carbocycles. The van der Waals surface area contributed by atoms with Gasteiger partial charge in [0.25, 0.3) is 0 Å². The summed E-state index contributed by atoms with van der Waals surface area (Å²) in [5.41, 5.74) is 6.77. The lowest BCUT2D eigenvalue weighted by Crippen LogP contribution is -2.30. The smallest absolute Gasteiger partial charge is 0.120 e. The monoisotopic (exact) mass is 250 g/mol. The molecule has 0 spiro atoms. The van der Waals surface area contributed by atoms with Crippen molar-refractivity contribution >= 4 is 5.69 Å². The van der Waals surface area contributed by atoms with Crippen LogP contribution in [-0.4, -0.2) is 39.5 Å². The van der Waals surface area contributed by atoms with Gasteiger partial charge in [0, 0.05) is 31.9 Å². The topological polar surface area (TPSA) is 47.7 Å². The zero-order valence-corrected chi connectivity index (χ0v) is 11.1. The Morgan fingerprint density at radius 3 is 2.83 bits per heavy atom. The molecule has 1 aliphatic rings. The highest BCUT2D eigenvalue weighted by Crippen LogP contribution is 2.24. The van der Waals surface area contributed by atoms with E-state index in [1.54, 1.807) is 7.11 Å². The molecule has 0 radical (unpaired) electrons. The first kappa shape index (κ1) is 13.2. The SMILES string of the molecule is COc1cccc(N(C)CC2CCC(CN)O2)c1. The van der Waals surface area contributed by atoms with Crippen molar-refractivity contribution in [2.24, 2.45) is 5.73 Å². The van der Waals surface area contributed by atoms with Crippen molar-refractivity contribution in [1.29, 1.82) is 0 Å². The van der Waals surface area contributed by atoms with Gasteiger partial charge >= 0.3 is 0 Å². The molecule has 0 aromatic heterocycles. The second-order valence-corrected chi connectivity index (χ2v) is 4.78. The van der Waals surface area contributed by atoms with Crippen LogP contribution >= 0.6 is 0 Å². The minimum atomic E-state index is 0.244. The molecule has 1 heterocycles. The normalized spacial score (nSPS) is 23.1. The Balaban J connectivity index is 1.93. The fourth-order valence-electron chi connectivity index (χ4n) is 2.35. The van der Waals surface area contributed by atoms with Gasteiger partial charge in [-0.25, -0.2) is 0 Å². The van der Waals surface area contributed by atoms with Gasteiger partial charge in [0.2, 0.25) is 0 Å². The fourth-order valence-corrected chi connectivity index (χ4v) is 2.35. The van der Waals surface area contributed by atoms with Crippen LogP contribution in [0.1, 0.15) is 12.8 Å². The predicted molar refractivity (Wildman–Crippen MR) is 73.2 cm³/mol. The average Bonchev–Trinajstić information content (AvgIpc) is 2.86. The zero-order valence-electron chi connectivity index (χ0n) is 11.1. The number of nitrogens with two attached hydrogens (primary N) is 1. The molecule has 0 saturated carbocycles. The average molecular weight is 250 g/mol. The number of benzene rings is 1. The summed E-state index contributed by atoms with van der Waals surface area (Å²) in [6, 6.07) is 8.07. The van der Waals surface area contributed by atoms with Gasteiger partial charge in [0.1, 0.15) is 5.75 Å². The maximum atomic E-state index is 5.86. The van der Waals surface area contributed by atoms with E-state index in [2.05, 4.69) is 18.0 Å². The van der Waals surface area contributed by atoms with Crippen LogP contribution in [-0.2, 0) is 4.74 Å². The van der Waals surface area contributed by atoms with E-state index in [1.165, 1.54) is 0 Å². The molecule has 0 bridgehead atoms. The van der Waals surface area contributed by atoms with Crippen molar-refractivity contribution < 1.29 is 9.47 Å². The highest BCUT2D eigenvalue weighted by Gasteiger charge is 2.25. The van der Waals surface area contributed by atoms with Gasteiger partial charge in [-0.15, -0.1) is 0 Å². The van der Waals surface area contributed by atoms with Crippen molar-refractivity contribution in [3.05, 3.63) is 24.3 Å². The number of hydrogen-bond donors (Lipinski definition) is 1. The van der Waals surface area contributed by atoms with Crippen molar-refractivity contribution in [1.82, 2.24) is 0 Å². The Morgan fingerprint density at radius 1 is 1.39 bits per heavy atom. The maximum absolute atomic E-state index is 5.86. The number of methoxy groups -OCH3 is 1. The van der Waals surface area contributed by atoms with Crippen molar-refractivity contribution in [3.63, 3.8) is 0 Å². The summed E-state index contributed by atoms with van der Waals surface area (Å²) >= 11 is 0. The molecule has 1 aromatic rings. The van der Waals surface area contributed by atoms with E-state index in [0.717, 1.165) is 30.8 Å². The number of rotatable bonds is 5. The minimum Gasteiger partial charge on any atom is -0.497 e. The van der Waals surface area contributed by atoms with Crippen LogP contribution in [0, 0.1) is 0 Å². The third-order valence-corrected chi connectivity index (χ3v) is 3.43. The molecule has 1 aliphatic heterocycles. The van der Waals surface area contributed by atoms with E-state index >= 15 is 0 Å². The van der Waals surface area contributed by atoms with Crippen LogP contribution in [0.5, 0.6) is 5.75 Å². The summed E-state index contributed by atoms with van der Waals surface area (Å²) in [7, 11) is 3.76. The van der Waals surface area contributed by atoms with E-state index in [0.29, 0.717) is 6.54 Å². The summed E-state index contributed by atoms with van der Waals surface area (Å²) in [5.74, 6) is 0.881. The Morgan fingerprint density at radius 2 is 2.17 bits per heavy atom. The molecule has 2 atom stereocenters. The molecule has 18 heavy (non-hydrogen) atoms. The molecular weight excluding hydrogens is 228 g/mol. The first-order chi connectivity index (χ1) is 8.72. The highest BCUT2D eigenvalue weighted by molar-refractivity contribution is 5.50. The van der Waals surface area contributed by atoms with Crippen LogP contribution in [0.3, 0.4) is 0 Å². The second kappa shape index (κ2) is 6.07. The largest absolute Gasteiger partial charge is 0.497 e. The van der Waals surface area contributed by atoms with Crippen molar-refractivity contribution in [2.45, 2.75) is 25.0 Å². The Labute approximate surface area is 109 Å².